The van der Waals surface area contributed by atoms with Crippen LogP contribution in [0.4, 0.5) is 4.39 Å². The lowest BCUT2D eigenvalue weighted by Crippen LogP contribution is -2.26. The van der Waals surface area contributed by atoms with Crippen LogP contribution in [0.2, 0.25) is 0 Å². The normalized spacial score (nSPS) is 17.0. The lowest BCUT2D eigenvalue weighted by molar-refractivity contribution is -0.112. The van der Waals surface area contributed by atoms with Crippen LogP contribution in [0.25, 0.3) is 0 Å². The molecule has 0 saturated heterocycles. The van der Waals surface area contributed by atoms with Gasteiger partial charge in [0.1, 0.15) is 24.5 Å². The zero-order chi connectivity index (χ0) is 16.2. The monoisotopic (exact) mass is 315 g/mol. The molecule has 120 valence electrons. The molecular weight excluding hydrogens is 297 g/mol. The van der Waals surface area contributed by atoms with E-state index in [9.17, 15) is 9.18 Å². The third kappa shape index (κ3) is 3.41. The number of hydrogen-bond donors (Lipinski definition) is 1. The minimum atomic E-state index is -0.311. The van der Waals surface area contributed by atoms with Crippen LogP contribution in [0.3, 0.4) is 0 Å². The van der Waals surface area contributed by atoms with Crippen molar-refractivity contribution in [3.63, 3.8) is 0 Å². The van der Waals surface area contributed by atoms with Gasteiger partial charge in [-0.05, 0) is 41.0 Å². The van der Waals surface area contributed by atoms with Crippen molar-refractivity contribution in [2.75, 3.05) is 13.2 Å². The maximum atomic E-state index is 13.2. The van der Waals surface area contributed by atoms with E-state index in [4.69, 9.17) is 9.84 Å². The Hall–Kier alpha value is -2.24. The maximum absolute atomic E-state index is 13.2. The van der Waals surface area contributed by atoms with Gasteiger partial charge >= 0.3 is 0 Å². The molecule has 0 fully saturated rings. The van der Waals surface area contributed by atoms with Gasteiger partial charge in [-0.15, -0.1) is 0 Å². The summed E-state index contributed by atoms with van der Waals surface area (Å²) in [6, 6.07) is 11.6. The number of β-amino-alcohol motifs (C(OH)–C–C–N with tert-alkyl or cyclic N) is 1. The molecule has 0 saturated carbocycles. The van der Waals surface area contributed by atoms with Crippen molar-refractivity contribution in [1.82, 2.24) is 4.90 Å². The molecule has 4 nitrogen and oxygen atoms in total. The first-order chi connectivity index (χ1) is 11.2. The fourth-order valence-corrected chi connectivity index (χ4v) is 2.91. The zero-order valence-corrected chi connectivity index (χ0v) is 12.6. The fraction of sp³-hybridized carbons (Fsp3) is 0.278. The quantitative estimate of drug-likeness (QED) is 0.832. The van der Waals surface area contributed by atoms with Crippen LogP contribution in [-0.2, 0) is 17.9 Å². The van der Waals surface area contributed by atoms with Crippen LogP contribution >= 0.6 is 0 Å². The number of benzene rings is 2. The molecule has 0 radical (unpaired) electrons. The molecule has 0 aliphatic carbocycles. The van der Waals surface area contributed by atoms with Crippen LogP contribution in [0, 0.1) is 5.82 Å². The average molecular weight is 315 g/mol. The molecule has 23 heavy (non-hydrogen) atoms. The smallest absolute Gasteiger partial charge is 0.141 e. The van der Waals surface area contributed by atoms with Gasteiger partial charge in [-0.3, -0.25) is 4.90 Å². The number of ether oxygens (including phenoxy) is 1. The lowest BCUT2D eigenvalue weighted by Gasteiger charge is -2.18. The van der Waals surface area contributed by atoms with E-state index in [0.29, 0.717) is 18.8 Å². The number of aliphatic hydroxyl groups excluding tert-OH is 1. The van der Waals surface area contributed by atoms with Crippen molar-refractivity contribution in [3.8, 4) is 5.75 Å². The highest BCUT2D eigenvalue weighted by Gasteiger charge is 2.29. The highest BCUT2D eigenvalue weighted by atomic mass is 19.1. The van der Waals surface area contributed by atoms with Crippen LogP contribution in [0.5, 0.6) is 5.75 Å². The van der Waals surface area contributed by atoms with E-state index < -0.39 is 0 Å². The molecule has 1 heterocycles. The summed E-state index contributed by atoms with van der Waals surface area (Å²) in [5, 5.41) is 9.09. The number of halogens is 1. The van der Waals surface area contributed by atoms with Gasteiger partial charge in [0.05, 0.1) is 12.6 Å². The van der Waals surface area contributed by atoms with Gasteiger partial charge in [0.15, 0.2) is 0 Å². The molecule has 2 aromatic rings. The Morgan fingerprint density at radius 2 is 2.17 bits per heavy atom. The Morgan fingerprint density at radius 1 is 1.30 bits per heavy atom. The van der Waals surface area contributed by atoms with Crippen molar-refractivity contribution in [1.29, 1.82) is 0 Å². The molecule has 5 heteroatoms. The molecule has 3 rings (SSSR count). The van der Waals surface area contributed by atoms with E-state index in [1.54, 1.807) is 6.07 Å². The number of rotatable bonds is 6. The van der Waals surface area contributed by atoms with Crippen LogP contribution in [0.15, 0.2) is 42.5 Å². The second-order valence-corrected chi connectivity index (χ2v) is 5.55. The van der Waals surface area contributed by atoms with Crippen molar-refractivity contribution in [2.45, 2.75) is 19.2 Å². The minimum Gasteiger partial charge on any atom is -0.489 e. The molecule has 1 aliphatic rings. The standard InChI is InChI=1S/C18H18FNO3/c19-15-3-1-2-13(8-15)12-23-16-4-5-17-14(9-16)10-20(6-7-21)18(17)11-22/h1-5,8-9,11,18,21H,6-7,10,12H2. The molecule has 2 aromatic carbocycles. The number of aldehydes is 1. The van der Waals surface area contributed by atoms with Crippen LogP contribution in [-0.4, -0.2) is 29.4 Å². The summed E-state index contributed by atoms with van der Waals surface area (Å²) in [6.45, 7) is 1.36. The van der Waals surface area contributed by atoms with Gasteiger partial charge in [-0.25, -0.2) is 4.39 Å². The van der Waals surface area contributed by atoms with E-state index >= 15 is 0 Å². The molecule has 0 amide bonds. The molecular formula is C18H18FNO3. The molecule has 0 aromatic heterocycles. The number of fused-ring (bicyclic) bond motifs is 1. The highest BCUT2D eigenvalue weighted by Crippen LogP contribution is 2.34. The number of aliphatic hydroxyl groups is 1. The molecule has 1 unspecified atom stereocenters. The first-order valence-corrected chi connectivity index (χ1v) is 7.51. The minimum absolute atomic E-state index is 0.0151. The third-order valence-electron chi connectivity index (χ3n) is 4.01. The molecule has 1 aliphatic heterocycles. The summed E-state index contributed by atoms with van der Waals surface area (Å²) in [5.41, 5.74) is 2.73. The Balaban J connectivity index is 1.72. The van der Waals surface area contributed by atoms with Gasteiger partial charge in [0.25, 0.3) is 0 Å². The highest BCUT2D eigenvalue weighted by molar-refractivity contribution is 5.65. The van der Waals surface area contributed by atoms with Crippen molar-refractivity contribution in [3.05, 3.63) is 65.0 Å². The summed E-state index contributed by atoms with van der Waals surface area (Å²) in [6.07, 6.45) is 0.898. The second kappa shape index (κ2) is 6.89. The van der Waals surface area contributed by atoms with Crippen LogP contribution < -0.4 is 4.74 Å². The fourth-order valence-electron chi connectivity index (χ4n) is 2.91. The molecule has 1 N–H and O–H groups in total. The van der Waals surface area contributed by atoms with E-state index in [-0.39, 0.29) is 25.1 Å². The summed E-state index contributed by atoms with van der Waals surface area (Å²) >= 11 is 0. The Kier molecular flexibility index (Phi) is 4.69. The Morgan fingerprint density at radius 3 is 2.91 bits per heavy atom. The number of carbonyl (C=O) groups excluding carboxylic acids is 1. The average Bonchev–Trinajstić information content (AvgIpc) is 2.89. The first-order valence-electron chi connectivity index (χ1n) is 7.51. The maximum Gasteiger partial charge on any atom is 0.141 e. The predicted octanol–water partition coefficient (Wildman–Crippen LogP) is 2.45. The van der Waals surface area contributed by atoms with Crippen molar-refractivity contribution in [2.24, 2.45) is 0 Å². The van der Waals surface area contributed by atoms with Gasteiger partial charge in [-0.1, -0.05) is 18.2 Å². The zero-order valence-electron chi connectivity index (χ0n) is 12.6. The van der Waals surface area contributed by atoms with Gasteiger partial charge in [0, 0.05) is 13.1 Å². The van der Waals surface area contributed by atoms with Gasteiger partial charge in [-0.2, -0.15) is 0 Å². The summed E-state index contributed by atoms with van der Waals surface area (Å²) in [4.78, 5) is 13.2. The molecule has 1 atom stereocenters. The lowest BCUT2D eigenvalue weighted by atomic mass is 10.1. The van der Waals surface area contributed by atoms with E-state index in [1.807, 2.05) is 29.2 Å². The van der Waals surface area contributed by atoms with Crippen molar-refractivity contribution >= 4 is 6.29 Å². The number of carbonyl (C=O) groups is 1. The van der Waals surface area contributed by atoms with Crippen molar-refractivity contribution < 1.29 is 19.0 Å². The Bertz CT molecular complexity index is 704. The SMILES string of the molecule is O=CC1c2ccc(OCc3cccc(F)c3)cc2CN1CCO. The second-order valence-electron chi connectivity index (χ2n) is 5.55. The molecule has 0 bridgehead atoms. The summed E-state index contributed by atoms with van der Waals surface area (Å²) in [5.74, 6) is 0.400. The summed E-state index contributed by atoms with van der Waals surface area (Å²) < 4.78 is 18.9. The largest absolute Gasteiger partial charge is 0.489 e. The van der Waals surface area contributed by atoms with Gasteiger partial charge in [0.2, 0.25) is 0 Å². The number of hydrogen-bond acceptors (Lipinski definition) is 4. The Labute approximate surface area is 134 Å². The molecule has 0 spiro atoms. The van der Waals surface area contributed by atoms with E-state index in [2.05, 4.69) is 0 Å². The van der Waals surface area contributed by atoms with Crippen LogP contribution in [0.1, 0.15) is 22.7 Å². The number of nitrogens with zero attached hydrogens (tertiary/aromatic N) is 1. The van der Waals surface area contributed by atoms with Gasteiger partial charge < -0.3 is 14.6 Å². The van der Waals surface area contributed by atoms with E-state index in [1.165, 1.54) is 12.1 Å². The predicted molar refractivity (Wildman–Crippen MR) is 83.5 cm³/mol. The topological polar surface area (TPSA) is 49.8 Å². The van der Waals surface area contributed by atoms with E-state index in [0.717, 1.165) is 23.0 Å². The third-order valence-corrected chi connectivity index (χ3v) is 4.01. The first kappa shape index (κ1) is 15.6. The summed E-state index contributed by atoms with van der Waals surface area (Å²) in [7, 11) is 0.